The molecule has 0 N–H and O–H groups in total. The van der Waals surface area contributed by atoms with E-state index in [9.17, 15) is 4.79 Å². The van der Waals surface area contributed by atoms with Gasteiger partial charge in [-0.15, -0.1) is 0 Å². The Morgan fingerprint density at radius 1 is 1.15 bits per heavy atom. The minimum Gasteiger partial charge on any atom is -0.290 e. The van der Waals surface area contributed by atoms with Gasteiger partial charge in [0.1, 0.15) is 5.82 Å². The third-order valence-electron chi connectivity index (χ3n) is 3.93. The second kappa shape index (κ2) is 5.25. The van der Waals surface area contributed by atoms with Crippen LogP contribution in [-0.2, 0) is 33.1 Å². The normalized spacial score (nSPS) is 15.3. The summed E-state index contributed by atoms with van der Waals surface area (Å²) in [6.07, 6.45) is 1.07. The van der Waals surface area contributed by atoms with Crippen molar-refractivity contribution in [3.8, 4) is 0 Å². The highest BCUT2D eigenvalue weighted by atomic mass is 16.2. The minimum absolute atomic E-state index is 0.00745. The van der Waals surface area contributed by atoms with Crippen LogP contribution in [0.4, 0.5) is 0 Å². The van der Waals surface area contributed by atoms with Gasteiger partial charge in [-0.2, -0.15) is 5.10 Å². The Balaban J connectivity index is 1.72. The Labute approximate surface area is 118 Å². The van der Waals surface area contributed by atoms with Crippen molar-refractivity contribution in [1.82, 2.24) is 19.2 Å². The summed E-state index contributed by atoms with van der Waals surface area (Å²) in [6.45, 7) is 5.45. The van der Waals surface area contributed by atoms with Crippen molar-refractivity contribution in [2.75, 3.05) is 6.54 Å². The van der Waals surface area contributed by atoms with E-state index in [0.29, 0.717) is 0 Å². The van der Waals surface area contributed by atoms with Gasteiger partial charge in [-0.25, -0.2) is 9.48 Å². The summed E-state index contributed by atoms with van der Waals surface area (Å²) in [4.78, 5) is 14.1. The summed E-state index contributed by atoms with van der Waals surface area (Å²) in [7, 11) is 1.71. The van der Waals surface area contributed by atoms with Crippen LogP contribution in [-0.4, -0.2) is 25.8 Å². The summed E-state index contributed by atoms with van der Waals surface area (Å²) in [6, 6.07) is 8.77. The van der Waals surface area contributed by atoms with E-state index < -0.39 is 0 Å². The molecule has 0 unspecified atom stereocenters. The van der Waals surface area contributed by atoms with Crippen LogP contribution in [0.15, 0.2) is 29.1 Å². The summed E-state index contributed by atoms with van der Waals surface area (Å²) >= 11 is 0. The van der Waals surface area contributed by atoms with E-state index in [0.717, 1.165) is 38.4 Å². The predicted molar refractivity (Wildman–Crippen MR) is 77.4 cm³/mol. The molecule has 3 rings (SSSR count). The van der Waals surface area contributed by atoms with Gasteiger partial charge >= 0.3 is 5.69 Å². The molecule has 5 heteroatoms. The molecule has 0 fully saturated rings. The standard InChI is InChI=1S/C15H20N4O/c1-3-12-4-6-13(7-5-12)10-18-8-9-19-14(11-18)16-17(2)15(19)20/h4-7H,3,8-11H2,1-2H3. The predicted octanol–water partition coefficient (Wildman–Crippen LogP) is 1.16. The van der Waals surface area contributed by atoms with E-state index >= 15 is 0 Å². The van der Waals surface area contributed by atoms with Gasteiger partial charge in [0, 0.05) is 26.7 Å². The topological polar surface area (TPSA) is 43.1 Å². The molecule has 20 heavy (non-hydrogen) atoms. The molecule has 0 amide bonds. The average molecular weight is 272 g/mol. The van der Waals surface area contributed by atoms with Crippen molar-refractivity contribution in [3.63, 3.8) is 0 Å². The summed E-state index contributed by atoms with van der Waals surface area (Å²) < 4.78 is 3.20. The van der Waals surface area contributed by atoms with E-state index in [4.69, 9.17) is 0 Å². The van der Waals surface area contributed by atoms with Crippen LogP contribution in [0, 0.1) is 0 Å². The SMILES string of the molecule is CCc1ccc(CN2CCn3c(nn(C)c3=O)C2)cc1. The Bertz CT molecular complexity index is 654. The van der Waals surface area contributed by atoms with E-state index in [-0.39, 0.29) is 5.69 Å². The average Bonchev–Trinajstić information content (AvgIpc) is 2.74. The maximum absolute atomic E-state index is 11.8. The molecule has 106 valence electrons. The van der Waals surface area contributed by atoms with Crippen LogP contribution in [0.5, 0.6) is 0 Å². The van der Waals surface area contributed by atoms with Crippen LogP contribution < -0.4 is 5.69 Å². The lowest BCUT2D eigenvalue weighted by Gasteiger charge is -2.26. The second-order valence-electron chi connectivity index (χ2n) is 5.35. The molecular weight excluding hydrogens is 252 g/mol. The zero-order chi connectivity index (χ0) is 14.1. The number of hydrogen-bond acceptors (Lipinski definition) is 3. The van der Waals surface area contributed by atoms with Crippen molar-refractivity contribution in [3.05, 3.63) is 51.7 Å². The van der Waals surface area contributed by atoms with Crippen molar-refractivity contribution in [2.24, 2.45) is 7.05 Å². The second-order valence-corrected chi connectivity index (χ2v) is 5.35. The fourth-order valence-corrected chi connectivity index (χ4v) is 2.69. The maximum Gasteiger partial charge on any atom is 0.345 e. The van der Waals surface area contributed by atoms with E-state index in [2.05, 4.69) is 41.2 Å². The van der Waals surface area contributed by atoms with Crippen molar-refractivity contribution in [1.29, 1.82) is 0 Å². The number of benzene rings is 1. The smallest absolute Gasteiger partial charge is 0.290 e. The van der Waals surface area contributed by atoms with E-state index in [1.54, 1.807) is 11.6 Å². The van der Waals surface area contributed by atoms with Gasteiger partial charge in [0.25, 0.3) is 0 Å². The van der Waals surface area contributed by atoms with E-state index in [1.165, 1.54) is 15.8 Å². The zero-order valence-corrected chi connectivity index (χ0v) is 12.0. The molecule has 0 radical (unpaired) electrons. The van der Waals surface area contributed by atoms with Gasteiger partial charge in [0.2, 0.25) is 0 Å². The number of rotatable bonds is 3. The third kappa shape index (κ3) is 2.41. The van der Waals surface area contributed by atoms with Gasteiger partial charge in [0.15, 0.2) is 0 Å². The van der Waals surface area contributed by atoms with Crippen LogP contribution in [0.3, 0.4) is 0 Å². The number of fused-ring (bicyclic) bond motifs is 1. The first-order valence-electron chi connectivity index (χ1n) is 7.10. The third-order valence-corrected chi connectivity index (χ3v) is 3.93. The summed E-state index contributed by atoms with van der Waals surface area (Å²) in [5.74, 6) is 0.869. The van der Waals surface area contributed by atoms with Gasteiger partial charge in [-0.05, 0) is 17.5 Å². The molecule has 0 atom stereocenters. The maximum atomic E-state index is 11.8. The number of aromatic nitrogens is 3. The van der Waals surface area contributed by atoms with Crippen LogP contribution in [0.1, 0.15) is 23.9 Å². The monoisotopic (exact) mass is 272 g/mol. The van der Waals surface area contributed by atoms with Crippen LogP contribution >= 0.6 is 0 Å². The summed E-state index contributed by atoms with van der Waals surface area (Å²) in [5, 5.41) is 4.30. The molecule has 1 aromatic carbocycles. The molecular formula is C15H20N4O. The first-order chi connectivity index (χ1) is 9.67. The molecule has 1 aliphatic heterocycles. The van der Waals surface area contributed by atoms with Crippen LogP contribution in [0.2, 0.25) is 0 Å². The fourth-order valence-electron chi connectivity index (χ4n) is 2.69. The highest BCUT2D eigenvalue weighted by Crippen LogP contribution is 2.13. The van der Waals surface area contributed by atoms with Crippen LogP contribution in [0.25, 0.3) is 0 Å². The lowest BCUT2D eigenvalue weighted by atomic mass is 10.1. The minimum atomic E-state index is -0.00745. The molecule has 0 aliphatic carbocycles. The molecule has 1 aliphatic rings. The van der Waals surface area contributed by atoms with Crippen molar-refractivity contribution in [2.45, 2.75) is 33.0 Å². The quantitative estimate of drug-likeness (QED) is 0.842. The van der Waals surface area contributed by atoms with Gasteiger partial charge < -0.3 is 0 Å². The molecule has 0 spiro atoms. The molecule has 0 saturated heterocycles. The molecule has 2 aromatic rings. The number of nitrogens with zero attached hydrogens (tertiary/aromatic N) is 4. The zero-order valence-electron chi connectivity index (χ0n) is 12.0. The molecule has 2 heterocycles. The molecule has 1 aromatic heterocycles. The summed E-state index contributed by atoms with van der Waals surface area (Å²) in [5.41, 5.74) is 2.67. The lowest BCUT2D eigenvalue weighted by Crippen LogP contribution is -2.37. The molecule has 0 bridgehead atoms. The highest BCUT2D eigenvalue weighted by molar-refractivity contribution is 5.22. The number of hydrogen-bond donors (Lipinski definition) is 0. The lowest BCUT2D eigenvalue weighted by molar-refractivity contribution is 0.207. The fraction of sp³-hybridized carbons (Fsp3) is 0.467. The Hall–Kier alpha value is -1.88. The Morgan fingerprint density at radius 3 is 2.55 bits per heavy atom. The molecule has 5 nitrogen and oxygen atoms in total. The van der Waals surface area contributed by atoms with Gasteiger partial charge in [0.05, 0.1) is 6.54 Å². The molecule has 0 saturated carbocycles. The Kier molecular flexibility index (Phi) is 3.44. The first-order valence-corrected chi connectivity index (χ1v) is 7.10. The van der Waals surface area contributed by atoms with E-state index in [1.807, 2.05) is 0 Å². The van der Waals surface area contributed by atoms with Crippen molar-refractivity contribution < 1.29 is 0 Å². The van der Waals surface area contributed by atoms with Crippen molar-refractivity contribution >= 4 is 0 Å². The number of aryl methyl sites for hydroxylation is 2. The van der Waals surface area contributed by atoms with Gasteiger partial charge in [-0.1, -0.05) is 31.2 Å². The first kappa shape index (κ1) is 13.1. The Morgan fingerprint density at radius 2 is 1.85 bits per heavy atom. The highest BCUT2D eigenvalue weighted by Gasteiger charge is 2.20. The largest absolute Gasteiger partial charge is 0.345 e. The van der Waals surface area contributed by atoms with Gasteiger partial charge in [-0.3, -0.25) is 9.47 Å².